The van der Waals surface area contributed by atoms with Crippen LogP contribution in [0, 0.1) is 5.41 Å². The molecule has 0 aliphatic heterocycles. The Morgan fingerprint density at radius 3 is 2.64 bits per heavy atom. The molecule has 1 saturated carbocycles. The van der Waals surface area contributed by atoms with Crippen molar-refractivity contribution in [2.75, 3.05) is 0 Å². The molecule has 4 nitrogen and oxygen atoms in total. The highest BCUT2D eigenvalue weighted by molar-refractivity contribution is 6.29. The average Bonchev–Trinajstić information content (AvgIpc) is 2.90. The lowest BCUT2D eigenvalue weighted by Crippen LogP contribution is -2.18. The van der Waals surface area contributed by atoms with E-state index < -0.39 is 11.4 Å². The van der Waals surface area contributed by atoms with E-state index in [0.717, 1.165) is 12.8 Å². The van der Waals surface area contributed by atoms with Gasteiger partial charge in [0.1, 0.15) is 5.15 Å². The van der Waals surface area contributed by atoms with Crippen molar-refractivity contribution in [3.8, 4) is 0 Å². The number of hydrogen-bond donors (Lipinski definition) is 1. The number of carboxylic acid groups (broad SMARTS) is 1. The van der Waals surface area contributed by atoms with E-state index in [2.05, 4.69) is 9.97 Å². The molecule has 14 heavy (non-hydrogen) atoms. The van der Waals surface area contributed by atoms with Crippen LogP contribution in [0.3, 0.4) is 0 Å². The van der Waals surface area contributed by atoms with E-state index >= 15 is 0 Å². The van der Waals surface area contributed by atoms with E-state index in [4.69, 9.17) is 16.7 Å². The fourth-order valence-electron chi connectivity index (χ4n) is 1.39. The standard InChI is InChI=1S/C9H9ClN2O2/c10-7-5-11-6(4-12-7)3-9(1-2-9)8(13)14/h4-5H,1-3H2,(H,13,14). The summed E-state index contributed by atoms with van der Waals surface area (Å²) < 4.78 is 0. The first-order valence-electron chi connectivity index (χ1n) is 4.32. The minimum Gasteiger partial charge on any atom is -0.481 e. The van der Waals surface area contributed by atoms with Crippen LogP contribution in [0.15, 0.2) is 12.4 Å². The summed E-state index contributed by atoms with van der Waals surface area (Å²) in [6.07, 6.45) is 4.88. The summed E-state index contributed by atoms with van der Waals surface area (Å²) in [5.74, 6) is -0.741. The van der Waals surface area contributed by atoms with Gasteiger partial charge in [-0.15, -0.1) is 0 Å². The maximum Gasteiger partial charge on any atom is 0.310 e. The highest BCUT2D eigenvalue weighted by atomic mass is 35.5. The molecule has 0 aromatic carbocycles. The fraction of sp³-hybridized carbons (Fsp3) is 0.444. The lowest BCUT2D eigenvalue weighted by atomic mass is 10.0. The summed E-state index contributed by atoms with van der Waals surface area (Å²) in [6, 6.07) is 0. The molecule has 1 aliphatic rings. The van der Waals surface area contributed by atoms with Crippen molar-refractivity contribution in [2.24, 2.45) is 5.41 Å². The normalized spacial score (nSPS) is 17.8. The summed E-state index contributed by atoms with van der Waals surface area (Å²) in [7, 11) is 0. The van der Waals surface area contributed by atoms with Crippen molar-refractivity contribution < 1.29 is 9.90 Å². The third-order valence-electron chi connectivity index (χ3n) is 2.50. The van der Waals surface area contributed by atoms with E-state index in [-0.39, 0.29) is 0 Å². The highest BCUT2D eigenvalue weighted by Gasteiger charge is 2.50. The van der Waals surface area contributed by atoms with Gasteiger partial charge < -0.3 is 5.11 Å². The molecule has 1 aromatic rings. The molecule has 0 radical (unpaired) electrons. The van der Waals surface area contributed by atoms with Gasteiger partial charge in [0.15, 0.2) is 0 Å². The second-order valence-electron chi connectivity index (χ2n) is 3.59. The molecule has 0 bridgehead atoms. The Bertz CT molecular complexity index is 360. The summed E-state index contributed by atoms with van der Waals surface area (Å²) in [5.41, 5.74) is 0.108. The molecule has 74 valence electrons. The Morgan fingerprint density at radius 2 is 2.21 bits per heavy atom. The van der Waals surface area contributed by atoms with Crippen LogP contribution in [-0.4, -0.2) is 21.0 Å². The van der Waals surface area contributed by atoms with Crippen LogP contribution < -0.4 is 0 Å². The summed E-state index contributed by atoms with van der Waals surface area (Å²) in [4.78, 5) is 18.8. The number of rotatable bonds is 3. The Labute approximate surface area is 85.9 Å². The topological polar surface area (TPSA) is 63.1 Å². The van der Waals surface area contributed by atoms with Crippen LogP contribution in [0.5, 0.6) is 0 Å². The van der Waals surface area contributed by atoms with Crippen LogP contribution in [0.2, 0.25) is 5.15 Å². The van der Waals surface area contributed by atoms with Crippen molar-refractivity contribution >= 4 is 17.6 Å². The first kappa shape index (κ1) is 9.40. The summed E-state index contributed by atoms with van der Waals surface area (Å²) >= 11 is 5.57. The van der Waals surface area contributed by atoms with E-state index in [1.807, 2.05) is 0 Å². The van der Waals surface area contributed by atoms with Gasteiger partial charge in [0.25, 0.3) is 0 Å². The predicted molar refractivity (Wildman–Crippen MR) is 50.0 cm³/mol. The molecule has 1 aromatic heterocycles. The summed E-state index contributed by atoms with van der Waals surface area (Å²) in [5, 5.41) is 9.27. The van der Waals surface area contributed by atoms with Crippen molar-refractivity contribution in [1.29, 1.82) is 0 Å². The van der Waals surface area contributed by atoms with Gasteiger partial charge in [-0.2, -0.15) is 0 Å². The van der Waals surface area contributed by atoms with Gasteiger partial charge in [-0.1, -0.05) is 11.6 Å². The molecular weight excluding hydrogens is 204 g/mol. The van der Waals surface area contributed by atoms with E-state index in [1.54, 1.807) is 0 Å². The molecule has 1 fully saturated rings. The van der Waals surface area contributed by atoms with Crippen LogP contribution in [0.4, 0.5) is 0 Å². The minimum absolute atomic E-state index is 0.328. The molecule has 0 amide bonds. The zero-order valence-electron chi connectivity index (χ0n) is 7.40. The van der Waals surface area contributed by atoms with Crippen LogP contribution >= 0.6 is 11.6 Å². The number of aliphatic carboxylic acids is 1. The lowest BCUT2D eigenvalue weighted by molar-refractivity contribution is -0.143. The van der Waals surface area contributed by atoms with Gasteiger partial charge in [-0.05, 0) is 12.8 Å². The third kappa shape index (κ3) is 1.70. The van der Waals surface area contributed by atoms with Gasteiger partial charge >= 0.3 is 5.97 Å². The predicted octanol–water partition coefficient (Wildman–Crippen LogP) is 1.54. The van der Waals surface area contributed by atoms with Crippen molar-refractivity contribution in [2.45, 2.75) is 19.3 Å². The van der Waals surface area contributed by atoms with Gasteiger partial charge in [-0.25, -0.2) is 4.98 Å². The molecule has 0 atom stereocenters. The molecule has 0 saturated heterocycles. The summed E-state index contributed by atoms with van der Waals surface area (Å²) in [6.45, 7) is 0. The highest BCUT2D eigenvalue weighted by Crippen LogP contribution is 2.48. The van der Waals surface area contributed by atoms with Crippen molar-refractivity contribution in [3.05, 3.63) is 23.2 Å². The largest absolute Gasteiger partial charge is 0.481 e. The maximum atomic E-state index is 10.9. The molecule has 0 unspecified atom stereocenters. The average molecular weight is 213 g/mol. The van der Waals surface area contributed by atoms with Gasteiger partial charge in [-0.3, -0.25) is 9.78 Å². The first-order chi connectivity index (χ1) is 6.62. The fourth-order valence-corrected chi connectivity index (χ4v) is 1.49. The number of aromatic nitrogens is 2. The number of halogens is 1. The molecule has 1 N–H and O–H groups in total. The molecule has 1 aliphatic carbocycles. The number of nitrogens with zero attached hydrogens (tertiary/aromatic N) is 2. The smallest absolute Gasteiger partial charge is 0.310 e. The molecular formula is C9H9ClN2O2. The Morgan fingerprint density at radius 1 is 1.50 bits per heavy atom. The number of carboxylic acids is 1. The quantitative estimate of drug-likeness (QED) is 0.826. The van der Waals surface area contributed by atoms with E-state index in [1.165, 1.54) is 12.4 Å². The number of hydrogen-bond acceptors (Lipinski definition) is 3. The monoisotopic (exact) mass is 212 g/mol. The van der Waals surface area contributed by atoms with Crippen LogP contribution in [-0.2, 0) is 11.2 Å². The molecule has 5 heteroatoms. The van der Waals surface area contributed by atoms with E-state index in [9.17, 15) is 4.79 Å². The van der Waals surface area contributed by atoms with Gasteiger partial charge in [0.2, 0.25) is 0 Å². The van der Waals surface area contributed by atoms with Gasteiger partial charge in [0, 0.05) is 6.42 Å². The number of carbonyl (C=O) groups is 1. The Kier molecular flexibility index (Phi) is 2.15. The second kappa shape index (κ2) is 3.20. The lowest BCUT2D eigenvalue weighted by Gasteiger charge is -2.07. The zero-order chi connectivity index (χ0) is 10.2. The third-order valence-corrected chi connectivity index (χ3v) is 2.70. The zero-order valence-corrected chi connectivity index (χ0v) is 8.16. The Hall–Kier alpha value is -1.16. The van der Waals surface area contributed by atoms with Crippen molar-refractivity contribution in [1.82, 2.24) is 9.97 Å². The van der Waals surface area contributed by atoms with Crippen LogP contribution in [0.25, 0.3) is 0 Å². The SMILES string of the molecule is O=C(O)C1(Cc2cnc(Cl)cn2)CC1. The first-order valence-corrected chi connectivity index (χ1v) is 4.70. The van der Waals surface area contributed by atoms with Gasteiger partial charge in [0.05, 0.1) is 23.5 Å². The van der Waals surface area contributed by atoms with E-state index in [0.29, 0.717) is 17.3 Å². The van der Waals surface area contributed by atoms with Crippen molar-refractivity contribution in [3.63, 3.8) is 0 Å². The molecule has 2 rings (SSSR count). The second-order valence-corrected chi connectivity index (χ2v) is 3.98. The Balaban J connectivity index is 2.11. The molecule has 1 heterocycles. The minimum atomic E-state index is -0.741. The molecule has 0 spiro atoms. The maximum absolute atomic E-state index is 10.9. The van der Waals surface area contributed by atoms with Crippen LogP contribution in [0.1, 0.15) is 18.5 Å².